The number of aryl methyl sites for hydroxylation is 2. The largest absolute Gasteiger partial charge is 0.322 e. The lowest BCUT2D eigenvalue weighted by atomic mass is 10.1. The van der Waals surface area contributed by atoms with Gasteiger partial charge in [-0.05, 0) is 49.2 Å². The van der Waals surface area contributed by atoms with E-state index in [0.717, 1.165) is 17.4 Å². The first kappa shape index (κ1) is 17.3. The summed E-state index contributed by atoms with van der Waals surface area (Å²) in [5.74, 6) is -0.341. The van der Waals surface area contributed by atoms with Gasteiger partial charge in [0.2, 0.25) is 10.0 Å². The maximum Gasteiger partial charge on any atom is 0.255 e. The highest BCUT2D eigenvalue weighted by molar-refractivity contribution is 7.92. The van der Waals surface area contributed by atoms with Gasteiger partial charge in [0.15, 0.2) is 0 Å². The molecule has 7 heteroatoms. The second-order valence-electron chi connectivity index (χ2n) is 5.32. The summed E-state index contributed by atoms with van der Waals surface area (Å²) in [6.07, 6.45) is 1.06. The molecule has 0 aliphatic carbocycles. The fourth-order valence-corrected chi connectivity index (χ4v) is 2.79. The van der Waals surface area contributed by atoms with Crippen LogP contribution in [0.4, 0.5) is 11.4 Å². The van der Waals surface area contributed by atoms with Gasteiger partial charge in [0.25, 0.3) is 5.91 Å². The minimum Gasteiger partial charge on any atom is -0.322 e. The molecule has 2 N–H and O–H groups in total. The number of sulfonamides is 1. The molecule has 0 aromatic heterocycles. The van der Waals surface area contributed by atoms with Gasteiger partial charge in [0, 0.05) is 16.3 Å². The van der Waals surface area contributed by atoms with Gasteiger partial charge in [0.05, 0.1) is 11.9 Å². The standard InChI is InChI=1S/C16H17ClN2O3S/c1-10-5-7-13(17)9-14(10)18-16(20)12-6-4-11(2)15(8-12)19-23(3,21)22/h4-9,19H,1-3H3,(H,18,20). The van der Waals surface area contributed by atoms with E-state index in [1.165, 1.54) is 6.07 Å². The van der Waals surface area contributed by atoms with Crippen molar-refractivity contribution >= 4 is 38.9 Å². The molecule has 0 unspecified atom stereocenters. The van der Waals surface area contributed by atoms with E-state index < -0.39 is 10.0 Å². The van der Waals surface area contributed by atoms with Crippen LogP contribution in [0.1, 0.15) is 21.5 Å². The molecular formula is C16H17ClN2O3S. The third-order valence-corrected chi connectivity index (χ3v) is 4.07. The average molecular weight is 353 g/mol. The number of rotatable bonds is 4. The van der Waals surface area contributed by atoms with Crippen LogP contribution in [0.15, 0.2) is 36.4 Å². The van der Waals surface area contributed by atoms with Gasteiger partial charge < -0.3 is 5.32 Å². The van der Waals surface area contributed by atoms with Crippen molar-refractivity contribution in [3.8, 4) is 0 Å². The molecule has 1 amide bonds. The zero-order valence-electron chi connectivity index (χ0n) is 13.0. The summed E-state index contributed by atoms with van der Waals surface area (Å²) < 4.78 is 25.2. The molecule has 23 heavy (non-hydrogen) atoms. The fraction of sp³-hybridized carbons (Fsp3) is 0.188. The van der Waals surface area contributed by atoms with E-state index in [-0.39, 0.29) is 5.91 Å². The Kier molecular flexibility index (Phi) is 4.97. The minimum absolute atomic E-state index is 0.341. The zero-order valence-corrected chi connectivity index (χ0v) is 14.5. The molecule has 0 aliphatic rings. The number of hydrogen-bond acceptors (Lipinski definition) is 3. The van der Waals surface area contributed by atoms with Crippen LogP contribution in [-0.2, 0) is 10.0 Å². The number of carbonyl (C=O) groups excluding carboxylic acids is 1. The van der Waals surface area contributed by atoms with E-state index in [4.69, 9.17) is 11.6 Å². The van der Waals surface area contributed by atoms with Crippen LogP contribution in [-0.4, -0.2) is 20.6 Å². The number of amides is 1. The van der Waals surface area contributed by atoms with E-state index in [9.17, 15) is 13.2 Å². The maximum atomic E-state index is 12.4. The fourth-order valence-electron chi connectivity index (χ4n) is 2.00. The third-order valence-electron chi connectivity index (χ3n) is 3.24. The second kappa shape index (κ2) is 6.60. The molecule has 0 heterocycles. The van der Waals surface area contributed by atoms with Crippen molar-refractivity contribution in [2.24, 2.45) is 0 Å². The van der Waals surface area contributed by atoms with Crippen LogP contribution in [0, 0.1) is 13.8 Å². The molecule has 0 radical (unpaired) electrons. The molecule has 0 saturated carbocycles. The molecule has 0 spiro atoms. The van der Waals surface area contributed by atoms with Crippen LogP contribution in [0.25, 0.3) is 0 Å². The molecule has 0 fully saturated rings. The van der Waals surface area contributed by atoms with Gasteiger partial charge in [0.1, 0.15) is 0 Å². The van der Waals surface area contributed by atoms with Crippen LogP contribution in [0.5, 0.6) is 0 Å². The normalized spacial score (nSPS) is 11.1. The Bertz CT molecular complexity index is 864. The monoisotopic (exact) mass is 352 g/mol. The van der Waals surface area contributed by atoms with Crippen molar-refractivity contribution in [1.82, 2.24) is 0 Å². The highest BCUT2D eigenvalue weighted by Gasteiger charge is 2.12. The first-order valence-electron chi connectivity index (χ1n) is 6.81. The Labute approximate surface area is 140 Å². The van der Waals surface area contributed by atoms with Crippen molar-refractivity contribution in [1.29, 1.82) is 0 Å². The summed E-state index contributed by atoms with van der Waals surface area (Å²) in [6.45, 7) is 3.62. The molecule has 0 saturated heterocycles. The molecule has 0 atom stereocenters. The highest BCUT2D eigenvalue weighted by Crippen LogP contribution is 2.22. The summed E-state index contributed by atoms with van der Waals surface area (Å²) in [7, 11) is -3.41. The van der Waals surface area contributed by atoms with Crippen molar-refractivity contribution in [2.75, 3.05) is 16.3 Å². The molecule has 5 nitrogen and oxygen atoms in total. The summed E-state index contributed by atoms with van der Waals surface area (Å²) in [4.78, 5) is 12.4. The van der Waals surface area contributed by atoms with Crippen LogP contribution < -0.4 is 10.0 Å². The Balaban J connectivity index is 2.29. The Morgan fingerprint density at radius 2 is 1.61 bits per heavy atom. The van der Waals surface area contributed by atoms with E-state index in [0.29, 0.717) is 22.0 Å². The van der Waals surface area contributed by atoms with Crippen molar-refractivity contribution in [3.63, 3.8) is 0 Å². The first-order valence-corrected chi connectivity index (χ1v) is 9.08. The first-order chi connectivity index (χ1) is 10.7. The quantitative estimate of drug-likeness (QED) is 0.883. The molecule has 122 valence electrons. The SMILES string of the molecule is Cc1ccc(Cl)cc1NC(=O)c1ccc(C)c(NS(C)(=O)=O)c1. The Hall–Kier alpha value is -2.05. The van der Waals surface area contributed by atoms with E-state index in [1.807, 2.05) is 13.0 Å². The predicted molar refractivity (Wildman–Crippen MR) is 93.8 cm³/mol. The summed E-state index contributed by atoms with van der Waals surface area (Å²) in [5, 5.41) is 3.30. The highest BCUT2D eigenvalue weighted by atomic mass is 35.5. The van der Waals surface area contributed by atoms with Gasteiger partial charge >= 0.3 is 0 Å². The summed E-state index contributed by atoms with van der Waals surface area (Å²) in [6, 6.07) is 10.0. The summed E-state index contributed by atoms with van der Waals surface area (Å²) >= 11 is 5.94. The molecule has 0 bridgehead atoms. The lowest BCUT2D eigenvalue weighted by Gasteiger charge is -2.12. The van der Waals surface area contributed by atoms with E-state index in [1.54, 1.807) is 31.2 Å². The van der Waals surface area contributed by atoms with E-state index >= 15 is 0 Å². The molecule has 2 aromatic carbocycles. The van der Waals surface area contributed by atoms with Crippen molar-refractivity contribution < 1.29 is 13.2 Å². The number of hydrogen-bond donors (Lipinski definition) is 2. The lowest BCUT2D eigenvalue weighted by molar-refractivity contribution is 0.102. The van der Waals surface area contributed by atoms with Gasteiger partial charge in [-0.1, -0.05) is 23.7 Å². The topological polar surface area (TPSA) is 75.3 Å². The molecular weight excluding hydrogens is 336 g/mol. The van der Waals surface area contributed by atoms with E-state index in [2.05, 4.69) is 10.0 Å². The number of nitrogens with one attached hydrogen (secondary N) is 2. The lowest BCUT2D eigenvalue weighted by Crippen LogP contribution is -2.15. The average Bonchev–Trinajstić information content (AvgIpc) is 2.43. The van der Waals surface area contributed by atoms with Crippen LogP contribution in [0.3, 0.4) is 0 Å². The van der Waals surface area contributed by atoms with Crippen molar-refractivity contribution in [2.45, 2.75) is 13.8 Å². The number of carbonyl (C=O) groups is 1. The number of halogens is 1. The van der Waals surface area contributed by atoms with Gasteiger partial charge in [-0.25, -0.2) is 8.42 Å². The van der Waals surface area contributed by atoms with Gasteiger partial charge in [-0.15, -0.1) is 0 Å². The molecule has 2 rings (SSSR count). The van der Waals surface area contributed by atoms with Crippen LogP contribution in [0.2, 0.25) is 5.02 Å². The molecule has 2 aromatic rings. The van der Waals surface area contributed by atoms with Crippen molar-refractivity contribution in [3.05, 3.63) is 58.1 Å². The van der Waals surface area contributed by atoms with Crippen LogP contribution >= 0.6 is 11.6 Å². The maximum absolute atomic E-state index is 12.4. The predicted octanol–water partition coefficient (Wildman–Crippen LogP) is 3.58. The smallest absolute Gasteiger partial charge is 0.255 e. The summed E-state index contributed by atoms with van der Waals surface area (Å²) in [5.41, 5.74) is 2.94. The van der Waals surface area contributed by atoms with Gasteiger partial charge in [-0.3, -0.25) is 9.52 Å². The Morgan fingerprint density at radius 3 is 2.26 bits per heavy atom. The Morgan fingerprint density at radius 1 is 1.00 bits per heavy atom. The zero-order chi connectivity index (χ0) is 17.2. The number of anilines is 2. The van der Waals surface area contributed by atoms with Gasteiger partial charge in [-0.2, -0.15) is 0 Å². The molecule has 0 aliphatic heterocycles. The number of benzene rings is 2. The second-order valence-corrected chi connectivity index (χ2v) is 7.50. The minimum atomic E-state index is -3.41. The third kappa shape index (κ3) is 4.71.